The van der Waals surface area contributed by atoms with Gasteiger partial charge in [-0.2, -0.15) is 0 Å². The van der Waals surface area contributed by atoms with E-state index < -0.39 is 6.10 Å². The van der Waals surface area contributed by atoms with E-state index in [9.17, 15) is 14.4 Å². The van der Waals surface area contributed by atoms with E-state index in [4.69, 9.17) is 14.2 Å². The van der Waals surface area contributed by atoms with Gasteiger partial charge in [-0.05, 0) is 89.9 Å². The Hall–Kier alpha value is -3.15. The zero-order valence-corrected chi connectivity index (χ0v) is 43.4. The minimum atomic E-state index is -0.797. The molecule has 0 saturated heterocycles. The van der Waals surface area contributed by atoms with Gasteiger partial charge in [0, 0.05) is 19.3 Å². The van der Waals surface area contributed by atoms with Gasteiger partial charge >= 0.3 is 17.9 Å². The van der Waals surface area contributed by atoms with Crippen LogP contribution in [0.3, 0.4) is 0 Å². The minimum absolute atomic E-state index is 0.0913. The highest BCUT2D eigenvalue weighted by Crippen LogP contribution is 2.15. The van der Waals surface area contributed by atoms with E-state index in [1.54, 1.807) is 0 Å². The number of hydrogen-bond acceptors (Lipinski definition) is 6. The molecule has 0 aliphatic heterocycles. The second-order valence-electron chi connectivity index (χ2n) is 18.5. The standard InChI is InChI=1S/C60H104O6/c1-4-7-10-13-16-19-22-25-28-29-30-31-33-35-38-41-44-47-50-53-59(62)65-56-57(55-64-58(61)52-49-46-43-40-37-34-27-24-21-18-15-12-9-6-3)66-60(63)54-51-48-45-42-39-36-32-26-23-20-17-14-11-8-5-2/h8,11,16-17,19-20,25-26,28,32,39,42,57H,4-7,9-10,12-15,18,21-24,27,29-31,33-38,40-41,43-56H2,1-3H3/b11-8-,19-16-,20-17-,28-25-,32-26-,42-39-. The summed E-state index contributed by atoms with van der Waals surface area (Å²) in [5, 5.41) is 0. The van der Waals surface area contributed by atoms with Gasteiger partial charge in [0.25, 0.3) is 0 Å². The topological polar surface area (TPSA) is 78.9 Å². The third-order valence-electron chi connectivity index (χ3n) is 11.9. The van der Waals surface area contributed by atoms with Gasteiger partial charge in [0.05, 0.1) is 0 Å². The zero-order valence-electron chi connectivity index (χ0n) is 43.4. The quantitative estimate of drug-likeness (QED) is 0.0262. The van der Waals surface area contributed by atoms with E-state index in [1.807, 2.05) is 0 Å². The van der Waals surface area contributed by atoms with Crippen LogP contribution >= 0.6 is 0 Å². The van der Waals surface area contributed by atoms with Crippen molar-refractivity contribution in [2.24, 2.45) is 0 Å². The van der Waals surface area contributed by atoms with E-state index >= 15 is 0 Å². The summed E-state index contributed by atoms with van der Waals surface area (Å²) in [6, 6.07) is 0. The molecule has 0 radical (unpaired) electrons. The number of allylic oxidation sites excluding steroid dienone is 12. The van der Waals surface area contributed by atoms with E-state index in [2.05, 4.69) is 93.7 Å². The molecule has 0 heterocycles. The Kier molecular flexibility index (Phi) is 51.9. The van der Waals surface area contributed by atoms with Crippen LogP contribution in [0.5, 0.6) is 0 Å². The first-order valence-electron chi connectivity index (χ1n) is 27.9. The number of carbonyl (C=O) groups excluding carboxylic acids is 3. The van der Waals surface area contributed by atoms with Gasteiger partial charge in [0.2, 0.25) is 0 Å². The summed E-state index contributed by atoms with van der Waals surface area (Å²) in [6.45, 7) is 6.48. The van der Waals surface area contributed by atoms with Gasteiger partial charge in [0.15, 0.2) is 6.10 Å². The molecular weight excluding hydrogens is 817 g/mol. The lowest BCUT2D eigenvalue weighted by Crippen LogP contribution is -2.30. The molecule has 6 heteroatoms. The SMILES string of the molecule is CC/C=C\C/C=C\C/C=C\C/C=C\CCCCC(=O)OC(COC(=O)CCCCCCCCCCC/C=C\C/C=C\CCCCC)COC(=O)CCCCCCCCCCCCCCCC. The van der Waals surface area contributed by atoms with Gasteiger partial charge in [-0.25, -0.2) is 0 Å². The highest BCUT2D eigenvalue weighted by atomic mass is 16.6. The fourth-order valence-electron chi connectivity index (χ4n) is 7.76. The molecule has 1 atom stereocenters. The van der Waals surface area contributed by atoms with Crippen LogP contribution in [0, 0.1) is 0 Å². The van der Waals surface area contributed by atoms with Crippen LogP contribution in [0.15, 0.2) is 72.9 Å². The Morgan fingerprint density at radius 2 is 0.591 bits per heavy atom. The van der Waals surface area contributed by atoms with Crippen molar-refractivity contribution < 1.29 is 28.6 Å². The van der Waals surface area contributed by atoms with Gasteiger partial charge in [0.1, 0.15) is 13.2 Å². The number of ether oxygens (including phenoxy) is 3. The molecule has 0 aromatic carbocycles. The molecule has 0 saturated carbocycles. The molecule has 0 fully saturated rings. The van der Waals surface area contributed by atoms with Crippen molar-refractivity contribution in [3.05, 3.63) is 72.9 Å². The first kappa shape index (κ1) is 62.8. The van der Waals surface area contributed by atoms with E-state index in [0.29, 0.717) is 19.3 Å². The smallest absolute Gasteiger partial charge is 0.306 e. The lowest BCUT2D eigenvalue weighted by Gasteiger charge is -2.18. The predicted molar refractivity (Wildman–Crippen MR) is 284 cm³/mol. The molecule has 0 amide bonds. The molecule has 1 unspecified atom stereocenters. The van der Waals surface area contributed by atoms with Crippen LogP contribution in [-0.2, 0) is 28.6 Å². The van der Waals surface area contributed by atoms with Crippen LogP contribution < -0.4 is 0 Å². The Balaban J connectivity index is 4.41. The van der Waals surface area contributed by atoms with Crippen LogP contribution in [0.25, 0.3) is 0 Å². The molecule has 380 valence electrons. The second-order valence-corrected chi connectivity index (χ2v) is 18.5. The van der Waals surface area contributed by atoms with Gasteiger partial charge in [-0.3, -0.25) is 14.4 Å². The van der Waals surface area contributed by atoms with Gasteiger partial charge in [-0.1, -0.05) is 235 Å². The van der Waals surface area contributed by atoms with Crippen molar-refractivity contribution in [2.75, 3.05) is 13.2 Å². The minimum Gasteiger partial charge on any atom is -0.462 e. The van der Waals surface area contributed by atoms with Crippen LogP contribution in [-0.4, -0.2) is 37.2 Å². The first-order valence-corrected chi connectivity index (χ1v) is 27.9. The molecule has 66 heavy (non-hydrogen) atoms. The summed E-state index contributed by atoms with van der Waals surface area (Å²) in [5.41, 5.74) is 0. The van der Waals surface area contributed by atoms with Crippen molar-refractivity contribution in [1.29, 1.82) is 0 Å². The molecule has 0 N–H and O–H groups in total. The normalized spacial score (nSPS) is 12.6. The second kappa shape index (κ2) is 54.5. The summed E-state index contributed by atoms with van der Waals surface area (Å²) >= 11 is 0. The molecule has 0 aromatic rings. The van der Waals surface area contributed by atoms with Crippen molar-refractivity contribution in [3.8, 4) is 0 Å². The van der Waals surface area contributed by atoms with E-state index in [-0.39, 0.29) is 37.5 Å². The summed E-state index contributed by atoms with van der Waals surface area (Å²) in [6.07, 6.45) is 68.9. The van der Waals surface area contributed by atoms with Crippen molar-refractivity contribution in [1.82, 2.24) is 0 Å². The van der Waals surface area contributed by atoms with E-state index in [0.717, 1.165) is 83.5 Å². The monoisotopic (exact) mass is 921 g/mol. The third-order valence-corrected chi connectivity index (χ3v) is 11.9. The summed E-state index contributed by atoms with van der Waals surface area (Å²) in [4.78, 5) is 38.1. The average Bonchev–Trinajstić information content (AvgIpc) is 3.31. The number of rotatable bonds is 50. The highest BCUT2D eigenvalue weighted by molar-refractivity contribution is 5.71. The van der Waals surface area contributed by atoms with Crippen molar-refractivity contribution in [2.45, 2.75) is 277 Å². The Morgan fingerprint density at radius 1 is 0.318 bits per heavy atom. The van der Waals surface area contributed by atoms with Crippen molar-refractivity contribution in [3.63, 3.8) is 0 Å². The molecule has 0 aliphatic carbocycles. The molecule has 6 nitrogen and oxygen atoms in total. The summed E-state index contributed by atoms with van der Waals surface area (Å²) in [5.74, 6) is -0.930. The molecular formula is C60H104O6. The average molecular weight is 921 g/mol. The van der Waals surface area contributed by atoms with E-state index in [1.165, 1.54) is 141 Å². The zero-order chi connectivity index (χ0) is 47.9. The fourth-order valence-corrected chi connectivity index (χ4v) is 7.76. The molecule has 0 aliphatic rings. The number of unbranched alkanes of at least 4 members (excludes halogenated alkanes) is 27. The maximum absolute atomic E-state index is 12.8. The van der Waals surface area contributed by atoms with Gasteiger partial charge < -0.3 is 14.2 Å². The first-order chi connectivity index (χ1) is 32.5. The third kappa shape index (κ3) is 51.8. The number of esters is 3. The molecule has 0 aromatic heterocycles. The maximum Gasteiger partial charge on any atom is 0.306 e. The molecule has 0 rings (SSSR count). The molecule has 0 spiro atoms. The number of hydrogen-bond donors (Lipinski definition) is 0. The Morgan fingerprint density at radius 3 is 0.985 bits per heavy atom. The fraction of sp³-hybridized carbons (Fsp3) is 0.750. The number of carbonyl (C=O) groups is 3. The van der Waals surface area contributed by atoms with Crippen LogP contribution in [0.2, 0.25) is 0 Å². The lowest BCUT2D eigenvalue weighted by atomic mass is 10.0. The Labute approximate surface area is 408 Å². The van der Waals surface area contributed by atoms with Gasteiger partial charge in [-0.15, -0.1) is 0 Å². The maximum atomic E-state index is 12.8. The lowest BCUT2D eigenvalue weighted by molar-refractivity contribution is -0.167. The predicted octanol–water partition coefficient (Wildman–Crippen LogP) is 18.6. The van der Waals surface area contributed by atoms with Crippen molar-refractivity contribution >= 4 is 17.9 Å². The molecule has 0 bridgehead atoms. The summed E-state index contributed by atoms with van der Waals surface area (Å²) < 4.78 is 16.8. The van der Waals surface area contributed by atoms with Crippen LogP contribution in [0.4, 0.5) is 0 Å². The highest BCUT2D eigenvalue weighted by Gasteiger charge is 2.19. The summed E-state index contributed by atoms with van der Waals surface area (Å²) in [7, 11) is 0. The largest absolute Gasteiger partial charge is 0.462 e. The Bertz CT molecular complexity index is 1240. The van der Waals surface area contributed by atoms with Crippen LogP contribution in [0.1, 0.15) is 271 Å².